The SMILES string of the molecule is c1ccc(SSc2nn[nH]n2)cc1. The van der Waals surface area contributed by atoms with Gasteiger partial charge in [-0.3, -0.25) is 0 Å². The van der Waals surface area contributed by atoms with Gasteiger partial charge in [-0.05, 0) is 38.9 Å². The highest BCUT2D eigenvalue weighted by Gasteiger charge is 1.99. The van der Waals surface area contributed by atoms with Gasteiger partial charge in [-0.1, -0.05) is 18.2 Å². The van der Waals surface area contributed by atoms with Gasteiger partial charge in [-0.2, -0.15) is 5.21 Å². The molecule has 1 heterocycles. The van der Waals surface area contributed by atoms with E-state index in [0.29, 0.717) is 5.16 Å². The van der Waals surface area contributed by atoms with E-state index in [-0.39, 0.29) is 0 Å². The van der Waals surface area contributed by atoms with E-state index < -0.39 is 0 Å². The van der Waals surface area contributed by atoms with E-state index in [1.165, 1.54) is 15.7 Å². The Labute approximate surface area is 82.9 Å². The Morgan fingerprint density at radius 3 is 2.62 bits per heavy atom. The predicted molar refractivity (Wildman–Crippen MR) is 52.3 cm³/mol. The molecule has 0 aliphatic heterocycles. The third-order valence-corrected chi connectivity index (χ3v) is 3.43. The minimum Gasteiger partial charge on any atom is -0.176 e. The topological polar surface area (TPSA) is 54.5 Å². The first-order valence-electron chi connectivity index (χ1n) is 3.58. The molecule has 0 aliphatic carbocycles. The number of hydrogen-bond acceptors (Lipinski definition) is 5. The molecule has 0 saturated heterocycles. The Kier molecular flexibility index (Phi) is 2.83. The van der Waals surface area contributed by atoms with Crippen molar-refractivity contribution in [2.45, 2.75) is 10.1 Å². The third kappa shape index (κ3) is 2.46. The summed E-state index contributed by atoms with van der Waals surface area (Å²) in [5.74, 6) is 0. The van der Waals surface area contributed by atoms with Crippen LogP contribution in [0.1, 0.15) is 0 Å². The maximum atomic E-state index is 3.83. The van der Waals surface area contributed by atoms with E-state index in [1.807, 2.05) is 30.3 Å². The first-order valence-corrected chi connectivity index (χ1v) is 5.73. The smallest absolute Gasteiger partial charge is 0.176 e. The van der Waals surface area contributed by atoms with Crippen molar-refractivity contribution in [3.05, 3.63) is 30.3 Å². The van der Waals surface area contributed by atoms with Crippen molar-refractivity contribution in [2.75, 3.05) is 0 Å². The summed E-state index contributed by atoms with van der Waals surface area (Å²) in [6, 6.07) is 10.1. The number of aromatic nitrogens is 4. The molecule has 1 N–H and O–H groups in total. The van der Waals surface area contributed by atoms with E-state index in [0.717, 1.165) is 0 Å². The molecule has 2 rings (SSSR count). The molecular weight excluding hydrogens is 204 g/mol. The second-order valence-electron chi connectivity index (χ2n) is 2.17. The molecule has 0 saturated carbocycles. The lowest BCUT2D eigenvalue weighted by atomic mass is 10.4. The molecule has 0 bridgehead atoms. The Balaban J connectivity index is 1.94. The summed E-state index contributed by atoms with van der Waals surface area (Å²) in [7, 11) is 3.09. The summed E-state index contributed by atoms with van der Waals surface area (Å²) >= 11 is 0. The molecule has 0 spiro atoms. The maximum Gasteiger partial charge on any atom is 0.241 e. The molecule has 6 heteroatoms. The van der Waals surface area contributed by atoms with E-state index >= 15 is 0 Å². The Bertz CT molecular complexity index is 348. The highest BCUT2D eigenvalue weighted by molar-refractivity contribution is 8.76. The lowest BCUT2D eigenvalue weighted by Gasteiger charge is -1.94. The molecule has 4 nitrogen and oxygen atoms in total. The number of nitrogens with one attached hydrogen (secondary N) is 1. The molecule has 0 atom stereocenters. The zero-order valence-electron chi connectivity index (χ0n) is 6.54. The maximum absolute atomic E-state index is 3.83. The first-order chi connectivity index (χ1) is 6.45. The van der Waals surface area contributed by atoms with Crippen LogP contribution in [-0.2, 0) is 0 Å². The number of hydrogen-bond donors (Lipinski definition) is 1. The molecule has 0 amide bonds. The van der Waals surface area contributed by atoms with Crippen LogP contribution in [0, 0.1) is 0 Å². The number of tetrazole rings is 1. The highest BCUT2D eigenvalue weighted by atomic mass is 33.1. The summed E-state index contributed by atoms with van der Waals surface area (Å²) in [5.41, 5.74) is 0. The van der Waals surface area contributed by atoms with Gasteiger partial charge in [0.2, 0.25) is 5.16 Å². The van der Waals surface area contributed by atoms with Gasteiger partial charge in [0.15, 0.2) is 0 Å². The normalized spacial score (nSPS) is 10.2. The predicted octanol–water partition coefficient (Wildman–Crippen LogP) is 2.00. The minimum absolute atomic E-state index is 0.647. The van der Waals surface area contributed by atoms with E-state index in [2.05, 4.69) is 20.6 Å². The molecule has 13 heavy (non-hydrogen) atoms. The van der Waals surface area contributed by atoms with Crippen molar-refractivity contribution in [3.8, 4) is 0 Å². The molecule has 0 unspecified atom stereocenters. The van der Waals surface area contributed by atoms with Crippen LogP contribution in [0.2, 0.25) is 0 Å². The fraction of sp³-hybridized carbons (Fsp3) is 0. The number of rotatable bonds is 3. The molecule has 66 valence electrons. The monoisotopic (exact) mass is 210 g/mol. The van der Waals surface area contributed by atoms with Gasteiger partial charge < -0.3 is 0 Å². The van der Waals surface area contributed by atoms with Crippen molar-refractivity contribution < 1.29 is 0 Å². The number of aromatic amines is 1. The van der Waals surface area contributed by atoms with Crippen molar-refractivity contribution >= 4 is 21.6 Å². The molecule has 0 radical (unpaired) electrons. The van der Waals surface area contributed by atoms with Crippen molar-refractivity contribution in [3.63, 3.8) is 0 Å². The molecule has 1 aromatic carbocycles. The highest BCUT2D eigenvalue weighted by Crippen LogP contribution is 2.34. The summed E-state index contributed by atoms with van der Waals surface area (Å²) in [5, 5.41) is 14.2. The number of benzene rings is 1. The van der Waals surface area contributed by atoms with Gasteiger partial charge in [0.05, 0.1) is 0 Å². The zero-order valence-corrected chi connectivity index (χ0v) is 8.18. The largest absolute Gasteiger partial charge is 0.241 e. The lowest BCUT2D eigenvalue weighted by molar-refractivity contribution is 0.881. The van der Waals surface area contributed by atoms with Crippen LogP contribution in [-0.4, -0.2) is 20.6 Å². The Morgan fingerprint density at radius 2 is 1.92 bits per heavy atom. The molecule has 1 aromatic heterocycles. The van der Waals surface area contributed by atoms with Crippen LogP contribution in [0.4, 0.5) is 0 Å². The van der Waals surface area contributed by atoms with Crippen LogP contribution >= 0.6 is 21.6 Å². The van der Waals surface area contributed by atoms with Gasteiger partial charge in [-0.15, -0.1) is 10.2 Å². The van der Waals surface area contributed by atoms with Gasteiger partial charge in [-0.25, -0.2) is 0 Å². The third-order valence-electron chi connectivity index (χ3n) is 1.28. The summed E-state index contributed by atoms with van der Waals surface area (Å²) in [6.07, 6.45) is 0. The number of nitrogens with zero attached hydrogens (tertiary/aromatic N) is 3. The van der Waals surface area contributed by atoms with E-state index in [9.17, 15) is 0 Å². The molecular formula is C7H6N4S2. The average Bonchev–Trinajstić information content (AvgIpc) is 2.69. The van der Waals surface area contributed by atoms with Crippen molar-refractivity contribution in [1.82, 2.24) is 20.6 Å². The van der Waals surface area contributed by atoms with E-state index in [4.69, 9.17) is 0 Å². The number of H-pyrrole nitrogens is 1. The molecule has 0 aliphatic rings. The fourth-order valence-corrected chi connectivity index (χ4v) is 2.40. The average molecular weight is 210 g/mol. The van der Waals surface area contributed by atoms with Crippen LogP contribution in [0.5, 0.6) is 0 Å². The zero-order chi connectivity index (χ0) is 8.93. The summed E-state index contributed by atoms with van der Waals surface area (Å²) in [6.45, 7) is 0. The minimum atomic E-state index is 0.647. The van der Waals surface area contributed by atoms with Crippen LogP contribution < -0.4 is 0 Å². The summed E-state index contributed by atoms with van der Waals surface area (Å²) < 4.78 is 0. The molecule has 0 fully saturated rings. The standard InChI is InChI=1S/C7H6N4S2/c1-2-4-6(5-3-1)12-13-7-8-10-11-9-7/h1-5H,(H,8,9,10,11). The van der Waals surface area contributed by atoms with Crippen molar-refractivity contribution in [2.24, 2.45) is 0 Å². The molecule has 2 aromatic rings. The van der Waals surface area contributed by atoms with Gasteiger partial charge in [0.25, 0.3) is 0 Å². The van der Waals surface area contributed by atoms with E-state index in [1.54, 1.807) is 10.8 Å². The van der Waals surface area contributed by atoms with Gasteiger partial charge in [0, 0.05) is 4.90 Å². The fourth-order valence-electron chi connectivity index (χ4n) is 0.749. The van der Waals surface area contributed by atoms with Crippen LogP contribution in [0.25, 0.3) is 0 Å². The summed E-state index contributed by atoms with van der Waals surface area (Å²) in [4.78, 5) is 1.18. The quantitative estimate of drug-likeness (QED) is 0.785. The van der Waals surface area contributed by atoms with Crippen LogP contribution in [0.15, 0.2) is 40.4 Å². The van der Waals surface area contributed by atoms with Crippen molar-refractivity contribution in [1.29, 1.82) is 0 Å². The second-order valence-corrected chi connectivity index (χ2v) is 4.34. The lowest BCUT2D eigenvalue weighted by Crippen LogP contribution is -1.71. The Morgan fingerprint density at radius 1 is 1.08 bits per heavy atom. The van der Waals surface area contributed by atoms with Crippen LogP contribution in [0.3, 0.4) is 0 Å². The van der Waals surface area contributed by atoms with Gasteiger partial charge in [0.1, 0.15) is 0 Å². The second kappa shape index (κ2) is 4.29. The van der Waals surface area contributed by atoms with Gasteiger partial charge >= 0.3 is 0 Å². The Hall–Kier alpha value is -1.01. The first kappa shape index (κ1) is 8.58.